The number of nitrogens with two attached hydrogens (primary N) is 1. The quantitative estimate of drug-likeness (QED) is 0.564. The van der Waals surface area contributed by atoms with Crippen molar-refractivity contribution < 1.29 is 4.79 Å². The first-order chi connectivity index (χ1) is 14.6. The summed E-state index contributed by atoms with van der Waals surface area (Å²) >= 11 is 7.81. The van der Waals surface area contributed by atoms with Gasteiger partial charge in [-0.1, -0.05) is 48.3 Å². The van der Waals surface area contributed by atoms with Crippen molar-refractivity contribution in [2.75, 3.05) is 5.32 Å². The number of hydrogen-bond donors (Lipinski definition) is 3. The van der Waals surface area contributed by atoms with E-state index < -0.39 is 5.91 Å². The van der Waals surface area contributed by atoms with Gasteiger partial charge in [0.15, 0.2) is 0 Å². The van der Waals surface area contributed by atoms with Crippen molar-refractivity contribution in [2.24, 2.45) is 5.73 Å². The van der Waals surface area contributed by atoms with Gasteiger partial charge in [0.05, 0.1) is 23.6 Å². The van der Waals surface area contributed by atoms with Crippen LogP contribution >= 0.6 is 23.4 Å². The third kappa shape index (κ3) is 4.95. The fraction of sp³-hybridized carbons (Fsp3) is 0.286. The molecular formula is C21H23ClN6OS. The Labute approximate surface area is 184 Å². The fourth-order valence-electron chi connectivity index (χ4n) is 3.59. The SMILES string of the molecule is Clc1ccc2c(c1)SC(NC1CCCC1)N2.NC(=O)c1ccccc1-n1nccn1. The van der Waals surface area contributed by atoms with Crippen LogP contribution in [0.1, 0.15) is 36.0 Å². The van der Waals surface area contributed by atoms with E-state index in [1.165, 1.54) is 53.5 Å². The van der Waals surface area contributed by atoms with Crippen LogP contribution in [0.15, 0.2) is 59.8 Å². The molecule has 1 unspecified atom stereocenters. The van der Waals surface area contributed by atoms with Crippen molar-refractivity contribution >= 4 is 35.0 Å². The highest BCUT2D eigenvalue weighted by Gasteiger charge is 2.25. The number of fused-ring (bicyclic) bond motifs is 1. The Morgan fingerprint density at radius 1 is 1.17 bits per heavy atom. The molecule has 2 heterocycles. The number of nitrogens with zero attached hydrogens (tertiary/aromatic N) is 3. The highest BCUT2D eigenvalue weighted by molar-refractivity contribution is 8.00. The third-order valence-corrected chi connectivity index (χ3v) is 6.34. The average molecular weight is 443 g/mol. The van der Waals surface area contributed by atoms with E-state index in [0.717, 1.165) is 5.02 Å². The molecule has 156 valence electrons. The largest absolute Gasteiger partial charge is 0.366 e. The van der Waals surface area contributed by atoms with Crippen LogP contribution in [0.3, 0.4) is 0 Å². The first-order valence-corrected chi connectivity index (χ1v) is 11.1. The molecule has 0 radical (unpaired) electrons. The lowest BCUT2D eigenvalue weighted by Gasteiger charge is -2.18. The number of carbonyl (C=O) groups is 1. The lowest BCUT2D eigenvalue weighted by atomic mass is 10.2. The van der Waals surface area contributed by atoms with Crippen LogP contribution in [-0.2, 0) is 0 Å². The zero-order valence-corrected chi connectivity index (χ0v) is 17.9. The van der Waals surface area contributed by atoms with Gasteiger partial charge in [0.25, 0.3) is 5.91 Å². The first kappa shape index (κ1) is 20.7. The van der Waals surface area contributed by atoms with Gasteiger partial charge < -0.3 is 11.1 Å². The predicted octanol–water partition coefficient (Wildman–Crippen LogP) is 4.04. The highest BCUT2D eigenvalue weighted by Crippen LogP contribution is 2.39. The number of rotatable bonds is 4. The standard InChI is InChI=1S/C12H15ClN2S.C9H8N4O/c13-8-5-6-10-11(7-8)16-12(15-10)14-9-3-1-2-4-9;10-9(14)7-3-1-2-4-8(7)13-11-5-6-12-13/h5-7,9,12,14-15H,1-4H2;1-6H,(H2,10,14). The summed E-state index contributed by atoms with van der Waals surface area (Å²) in [6, 6.07) is 13.6. The van der Waals surface area contributed by atoms with Crippen molar-refractivity contribution in [1.29, 1.82) is 0 Å². The second-order valence-electron chi connectivity index (χ2n) is 7.13. The van der Waals surface area contributed by atoms with E-state index in [9.17, 15) is 4.79 Å². The monoisotopic (exact) mass is 442 g/mol. The summed E-state index contributed by atoms with van der Waals surface area (Å²) in [4.78, 5) is 13.7. The average Bonchev–Trinajstić information content (AvgIpc) is 3.50. The molecule has 1 aromatic heterocycles. The molecule has 1 saturated carbocycles. The van der Waals surface area contributed by atoms with E-state index in [2.05, 4.69) is 26.9 Å². The van der Waals surface area contributed by atoms with Crippen molar-refractivity contribution in [2.45, 2.75) is 42.1 Å². The molecule has 1 atom stereocenters. The van der Waals surface area contributed by atoms with Gasteiger partial charge in [-0.2, -0.15) is 15.0 Å². The molecular weight excluding hydrogens is 420 g/mol. The van der Waals surface area contributed by atoms with E-state index in [4.69, 9.17) is 17.3 Å². The maximum atomic E-state index is 11.1. The Morgan fingerprint density at radius 3 is 2.63 bits per heavy atom. The van der Waals surface area contributed by atoms with Gasteiger partial charge in [-0.05, 0) is 43.2 Å². The van der Waals surface area contributed by atoms with Gasteiger partial charge in [-0.25, -0.2) is 0 Å². The topological polar surface area (TPSA) is 97.9 Å². The number of thioether (sulfide) groups is 1. The van der Waals surface area contributed by atoms with Gasteiger partial charge in [-0.15, -0.1) is 0 Å². The third-order valence-electron chi connectivity index (χ3n) is 5.02. The molecule has 0 spiro atoms. The van der Waals surface area contributed by atoms with Gasteiger partial charge in [-0.3, -0.25) is 10.1 Å². The number of aromatic nitrogens is 3. The second kappa shape index (κ2) is 9.51. The second-order valence-corrected chi connectivity index (χ2v) is 8.71. The smallest absolute Gasteiger partial charge is 0.250 e. The van der Waals surface area contributed by atoms with E-state index in [1.807, 2.05) is 23.9 Å². The minimum atomic E-state index is -0.488. The minimum absolute atomic E-state index is 0.316. The predicted molar refractivity (Wildman–Crippen MR) is 120 cm³/mol. The van der Waals surface area contributed by atoms with Crippen LogP contribution in [0.2, 0.25) is 5.02 Å². The van der Waals surface area contributed by atoms with Crippen LogP contribution in [0.25, 0.3) is 5.69 Å². The number of benzene rings is 2. The van der Waals surface area contributed by atoms with Crippen LogP contribution < -0.4 is 16.4 Å². The number of hydrogen-bond acceptors (Lipinski definition) is 6. The summed E-state index contributed by atoms with van der Waals surface area (Å²) < 4.78 is 0. The number of carbonyl (C=O) groups excluding carboxylic acids is 1. The molecule has 1 aliphatic heterocycles. The van der Waals surface area contributed by atoms with Crippen LogP contribution in [-0.4, -0.2) is 32.4 Å². The lowest BCUT2D eigenvalue weighted by Crippen LogP contribution is -2.37. The Kier molecular flexibility index (Phi) is 6.56. The Hall–Kier alpha value is -2.55. The maximum Gasteiger partial charge on any atom is 0.250 e. The molecule has 3 aromatic rings. The van der Waals surface area contributed by atoms with E-state index in [1.54, 1.807) is 24.3 Å². The van der Waals surface area contributed by atoms with Crippen molar-refractivity contribution in [3.63, 3.8) is 0 Å². The minimum Gasteiger partial charge on any atom is -0.366 e. The highest BCUT2D eigenvalue weighted by atomic mass is 35.5. The number of nitrogens with one attached hydrogen (secondary N) is 2. The molecule has 9 heteroatoms. The van der Waals surface area contributed by atoms with Crippen LogP contribution in [0.5, 0.6) is 0 Å². The zero-order valence-electron chi connectivity index (χ0n) is 16.3. The van der Waals surface area contributed by atoms with Gasteiger partial charge in [0.1, 0.15) is 5.50 Å². The molecule has 1 aliphatic carbocycles. The van der Waals surface area contributed by atoms with Crippen molar-refractivity contribution in [3.8, 4) is 5.69 Å². The van der Waals surface area contributed by atoms with Crippen LogP contribution in [0.4, 0.5) is 5.69 Å². The number of primary amides is 1. The summed E-state index contributed by atoms with van der Waals surface area (Å²) in [6.07, 6.45) is 8.45. The molecule has 0 bridgehead atoms. The van der Waals surface area contributed by atoms with E-state index in [-0.39, 0.29) is 0 Å². The van der Waals surface area contributed by atoms with Gasteiger partial charge in [0, 0.05) is 21.6 Å². The van der Waals surface area contributed by atoms with E-state index >= 15 is 0 Å². The number of para-hydroxylation sites is 1. The maximum absolute atomic E-state index is 11.1. The zero-order chi connectivity index (χ0) is 20.9. The molecule has 1 fully saturated rings. The normalized spacial score (nSPS) is 17.7. The molecule has 5 rings (SSSR count). The fourth-order valence-corrected chi connectivity index (χ4v) is 4.98. The number of halogens is 1. The molecule has 4 N–H and O–H groups in total. The van der Waals surface area contributed by atoms with Gasteiger partial charge >= 0.3 is 0 Å². The Bertz CT molecular complexity index is 1010. The molecule has 30 heavy (non-hydrogen) atoms. The summed E-state index contributed by atoms with van der Waals surface area (Å²) in [7, 11) is 0. The van der Waals surface area contributed by atoms with Crippen molar-refractivity contribution in [1.82, 2.24) is 20.3 Å². The Balaban J connectivity index is 0.000000147. The summed E-state index contributed by atoms with van der Waals surface area (Å²) in [5, 5.41) is 15.8. The lowest BCUT2D eigenvalue weighted by molar-refractivity contribution is 0.1000. The van der Waals surface area contributed by atoms with Crippen molar-refractivity contribution in [3.05, 3.63) is 65.4 Å². The number of amides is 1. The Morgan fingerprint density at radius 2 is 1.90 bits per heavy atom. The molecule has 7 nitrogen and oxygen atoms in total. The molecule has 2 aliphatic rings. The molecule has 0 saturated heterocycles. The molecule has 2 aromatic carbocycles. The summed E-state index contributed by atoms with van der Waals surface area (Å²) in [6.45, 7) is 0. The molecule has 1 amide bonds. The van der Waals surface area contributed by atoms with E-state index in [0.29, 0.717) is 22.8 Å². The number of anilines is 1. The van der Waals surface area contributed by atoms with Gasteiger partial charge in [0.2, 0.25) is 0 Å². The van der Waals surface area contributed by atoms with Crippen LogP contribution in [0, 0.1) is 0 Å². The first-order valence-electron chi connectivity index (χ1n) is 9.84. The summed E-state index contributed by atoms with van der Waals surface area (Å²) in [5.41, 5.74) is 7.72. The summed E-state index contributed by atoms with van der Waals surface area (Å²) in [5.74, 6) is -0.488.